The number of rotatable bonds is 6. The highest BCUT2D eigenvalue weighted by Gasteiger charge is 2.49. The Morgan fingerprint density at radius 2 is 1.76 bits per heavy atom. The molecule has 3 amide bonds. The van der Waals surface area contributed by atoms with Crippen molar-refractivity contribution in [1.29, 1.82) is 0 Å². The zero-order valence-corrected chi connectivity index (χ0v) is 17.1. The van der Waals surface area contributed by atoms with E-state index >= 15 is 0 Å². The van der Waals surface area contributed by atoms with Gasteiger partial charge in [0, 0.05) is 0 Å². The average molecular weight is 418 g/mol. The summed E-state index contributed by atoms with van der Waals surface area (Å²) in [6, 6.07) is 9.48. The number of carbonyl (C=O) groups is 2. The van der Waals surface area contributed by atoms with Gasteiger partial charge in [0.1, 0.15) is 11.3 Å². The van der Waals surface area contributed by atoms with Crippen LogP contribution in [-0.4, -0.2) is 44.5 Å². The molecule has 1 heterocycles. The Bertz CT molecular complexity index is 977. The molecule has 8 nitrogen and oxygen atoms in total. The third-order valence-electron chi connectivity index (χ3n) is 4.61. The van der Waals surface area contributed by atoms with Crippen LogP contribution in [0.2, 0.25) is 5.02 Å². The number of amides is 3. The van der Waals surface area contributed by atoms with Gasteiger partial charge in [-0.3, -0.25) is 4.79 Å². The van der Waals surface area contributed by atoms with Crippen LogP contribution in [0, 0.1) is 0 Å². The molecule has 0 unspecified atom stereocenters. The van der Waals surface area contributed by atoms with Gasteiger partial charge in [-0.1, -0.05) is 23.7 Å². The molecule has 1 aliphatic heterocycles. The van der Waals surface area contributed by atoms with Crippen molar-refractivity contribution in [2.24, 2.45) is 5.10 Å². The van der Waals surface area contributed by atoms with Gasteiger partial charge in [-0.25, -0.2) is 4.79 Å². The first-order valence-corrected chi connectivity index (χ1v) is 8.98. The van der Waals surface area contributed by atoms with Crippen LogP contribution in [0.15, 0.2) is 41.5 Å². The van der Waals surface area contributed by atoms with Crippen LogP contribution in [-0.2, 0) is 10.3 Å². The van der Waals surface area contributed by atoms with E-state index < -0.39 is 17.5 Å². The fourth-order valence-corrected chi connectivity index (χ4v) is 3.28. The number of ether oxygens (including phenoxy) is 3. The summed E-state index contributed by atoms with van der Waals surface area (Å²) in [5, 5.41) is 7.83. The minimum atomic E-state index is -1.24. The molecule has 0 bridgehead atoms. The highest BCUT2D eigenvalue weighted by atomic mass is 35.5. The van der Waals surface area contributed by atoms with Crippen LogP contribution in [0.25, 0.3) is 0 Å². The highest BCUT2D eigenvalue weighted by molar-refractivity contribution is 6.32. The van der Waals surface area contributed by atoms with Crippen LogP contribution in [0.4, 0.5) is 4.79 Å². The van der Waals surface area contributed by atoms with Gasteiger partial charge in [-0.15, -0.1) is 5.01 Å². The molecule has 2 aromatic carbocycles. The number of nitrogens with one attached hydrogen (secondary N) is 1. The second-order valence-electron chi connectivity index (χ2n) is 6.38. The maximum atomic E-state index is 12.9. The Hall–Kier alpha value is -3.26. The SMILES string of the molecule is COc1ccc([C@@]2(C)NC(=O)N(/N=C\c3cc(Cl)c(OC)c(OC)c3)C2=O)cc1. The number of methoxy groups -OCH3 is 3. The smallest absolute Gasteiger partial charge is 0.346 e. The summed E-state index contributed by atoms with van der Waals surface area (Å²) >= 11 is 6.18. The number of halogens is 1. The fraction of sp³-hybridized carbons (Fsp3) is 0.250. The van der Waals surface area contributed by atoms with Gasteiger partial charge in [0.15, 0.2) is 11.5 Å². The van der Waals surface area contributed by atoms with E-state index in [1.807, 2.05) is 0 Å². The number of hydrazone groups is 1. The molecule has 1 saturated heterocycles. The summed E-state index contributed by atoms with van der Waals surface area (Å²) in [6.45, 7) is 1.62. The Kier molecular flexibility index (Phi) is 5.65. The monoisotopic (exact) mass is 417 g/mol. The summed E-state index contributed by atoms with van der Waals surface area (Å²) in [5.74, 6) is 0.930. The Morgan fingerprint density at radius 3 is 2.34 bits per heavy atom. The van der Waals surface area contributed by atoms with Crippen molar-refractivity contribution in [3.8, 4) is 17.2 Å². The summed E-state index contributed by atoms with van der Waals surface area (Å²) < 4.78 is 15.6. The van der Waals surface area contributed by atoms with Gasteiger partial charge in [-0.2, -0.15) is 5.10 Å². The van der Waals surface area contributed by atoms with Crippen LogP contribution in [0.1, 0.15) is 18.1 Å². The molecule has 0 aromatic heterocycles. The van der Waals surface area contributed by atoms with Crippen LogP contribution in [0.5, 0.6) is 17.2 Å². The second-order valence-corrected chi connectivity index (χ2v) is 6.79. The summed E-state index contributed by atoms with van der Waals surface area (Å²) in [6.07, 6.45) is 1.35. The van der Waals surface area contributed by atoms with E-state index in [1.54, 1.807) is 50.4 Å². The fourth-order valence-electron chi connectivity index (χ4n) is 2.99. The standard InChI is InChI=1S/C20H20ClN3O5/c1-20(13-5-7-14(27-2)8-6-13)18(25)24(19(26)23-20)22-11-12-9-15(21)17(29-4)16(10-12)28-3/h5-11H,1-4H3,(H,23,26)/b22-11-/t20-/m1/s1. The predicted molar refractivity (Wildman–Crippen MR) is 108 cm³/mol. The van der Waals surface area contributed by atoms with E-state index in [-0.39, 0.29) is 0 Å². The van der Waals surface area contributed by atoms with E-state index in [9.17, 15) is 9.59 Å². The van der Waals surface area contributed by atoms with E-state index in [0.29, 0.717) is 33.4 Å². The lowest BCUT2D eigenvalue weighted by atomic mass is 9.92. The van der Waals surface area contributed by atoms with Gasteiger partial charge >= 0.3 is 6.03 Å². The highest BCUT2D eigenvalue weighted by Crippen LogP contribution is 2.36. The topological polar surface area (TPSA) is 89.5 Å². The quantitative estimate of drug-likeness (QED) is 0.576. The summed E-state index contributed by atoms with van der Waals surface area (Å²) in [5.41, 5.74) is -0.0922. The Morgan fingerprint density at radius 1 is 1.07 bits per heavy atom. The third kappa shape index (κ3) is 3.71. The summed E-state index contributed by atoms with van der Waals surface area (Å²) in [7, 11) is 4.51. The molecule has 3 rings (SSSR count). The molecule has 9 heteroatoms. The lowest BCUT2D eigenvalue weighted by Gasteiger charge is -2.21. The molecule has 29 heavy (non-hydrogen) atoms. The summed E-state index contributed by atoms with van der Waals surface area (Å²) in [4.78, 5) is 25.3. The zero-order chi connectivity index (χ0) is 21.2. The van der Waals surface area contributed by atoms with Gasteiger partial charge in [0.2, 0.25) is 0 Å². The van der Waals surface area contributed by atoms with E-state index in [2.05, 4.69) is 10.4 Å². The minimum absolute atomic E-state index is 0.313. The maximum Gasteiger partial charge on any atom is 0.346 e. The maximum absolute atomic E-state index is 12.9. The molecule has 1 aliphatic rings. The van der Waals surface area contributed by atoms with Gasteiger partial charge in [-0.05, 0) is 42.3 Å². The number of carbonyl (C=O) groups excluding carboxylic acids is 2. The Balaban J connectivity index is 1.87. The van der Waals surface area contributed by atoms with E-state index in [0.717, 1.165) is 5.01 Å². The first kappa shape index (κ1) is 20.5. The van der Waals surface area contributed by atoms with Gasteiger partial charge in [0.25, 0.3) is 5.91 Å². The second kappa shape index (κ2) is 8.00. The lowest BCUT2D eigenvalue weighted by Crippen LogP contribution is -2.40. The van der Waals surface area contributed by atoms with Crippen molar-refractivity contribution >= 4 is 29.8 Å². The lowest BCUT2D eigenvalue weighted by molar-refractivity contribution is -0.131. The number of imide groups is 1. The van der Waals surface area contributed by atoms with Gasteiger partial charge in [0.05, 0.1) is 32.6 Å². The molecule has 0 radical (unpaired) electrons. The zero-order valence-electron chi connectivity index (χ0n) is 16.4. The number of hydrogen-bond acceptors (Lipinski definition) is 6. The predicted octanol–water partition coefficient (Wildman–Crippen LogP) is 3.17. The molecule has 152 valence electrons. The molecule has 2 aromatic rings. The molecule has 0 spiro atoms. The first-order chi connectivity index (χ1) is 13.8. The van der Waals surface area contributed by atoms with Crippen molar-refractivity contribution < 1.29 is 23.8 Å². The number of urea groups is 1. The number of nitrogens with zero attached hydrogens (tertiary/aromatic N) is 2. The molecule has 1 N–H and O–H groups in total. The van der Waals surface area contributed by atoms with Crippen LogP contribution >= 0.6 is 11.6 Å². The van der Waals surface area contributed by atoms with E-state index in [1.165, 1.54) is 20.4 Å². The molecular formula is C20H20ClN3O5. The third-order valence-corrected chi connectivity index (χ3v) is 4.90. The van der Waals surface area contributed by atoms with Crippen molar-refractivity contribution in [2.45, 2.75) is 12.5 Å². The number of hydrogen-bond donors (Lipinski definition) is 1. The van der Waals surface area contributed by atoms with Crippen LogP contribution < -0.4 is 19.5 Å². The molecule has 0 aliphatic carbocycles. The number of benzene rings is 2. The molecular weight excluding hydrogens is 398 g/mol. The molecule has 0 saturated carbocycles. The van der Waals surface area contributed by atoms with Crippen LogP contribution in [0.3, 0.4) is 0 Å². The largest absolute Gasteiger partial charge is 0.497 e. The normalized spacial score (nSPS) is 18.9. The molecule has 1 fully saturated rings. The van der Waals surface area contributed by atoms with E-state index in [4.69, 9.17) is 25.8 Å². The van der Waals surface area contributed by atoms with Gasteiger partial charge < -0.3 is 19.5 Å². The first-order valence-electron chi connectivity index (χ1n) is 8.60. The average Bonchev–Trinajstić information content (AvgIpc) is 2.95. The minimum Gasteiger partial charge on any atom is -0.497 e. The van der Waals surface area contributed by atoms with Crippen molar-refractivity contribution in [3.05, 3.63) is 52.5 Å². The van der Waals surface area contributed by atoms with Crippen molar-refractivity contribution in [3.63, 3.8) is 0 Å². The molecule has 1 atom stereocenters. The van der Waals surface area contributed by atoms with Crippen molar-refractivity contribution in [2.75, 3.05) is 21.3 Å². The Labute approximate surface area is 173 Å². The van der Waals surface area contributed by atoms with Crippen molar-refractivity contribution in [1.82, 2.24) is 10.3 Å².